The lowest BCUT2D eigenvalue weighted by atomic mass is 10.2. The van der Waals surface area contributed by atoms with Crippen LogP contribution in [0.3, 0.4) is 0 Å². The summed E-state index contributed by atoms with van der Waals surface area (Å²) in [7, 11) is 0. The summed E-state index contributed by atoms with van der Waals surface area (Å²) in [6.45, 7) is 0.230. The Kier molecular flexibility index (Phi) is 9.20. The molecule has 23 heavy (non-hydrogen) atoms. The molecule has 0 bridgehead atoms. The van der Waals surface area contributed by atoms with Crippen LogP contribution in [-0.4, -0.2) is 25.2 Å². The summed E-state index contributed by atoms with van der Waals surface area (Å²) in [5.74, 6) is 0.902. The van der Waals surface area contributed by atoms with Crippen LogP contribution in [0.2, 0.25) is 0 Å². The van der Waals surface area contributed by atoms with E-state index < -0.39 is 6.61 Å². The number of benzene rings is 1. The first-order valence-corrected chi connectivity index (χ1v) is 7.76. The molecule has 0 unspecified atom stereocenters. The van der Waals surface area contributed by atoms with Gasteiger partial charge in [-0.15, -0.1) is 24.0 Å². The lowest BCUT2D eigenvalue weighted by Gasteiger charge is -2.17. The standard InChI is InChI=1S/C16H23F2N3O.HI/c1-2-19-16(21-13-8-4-5-9-13)20-11-12-7-3-6-10-14(12)22-15(17)18;/h3,6-7,10,13,15H,2,4-5,8-9,11H2,1H3,(H2,19,20,21);1H. The number of nitrogens with zero attached hydrogens (tertiary/aromatic N) is 1. The molecule has 130 valence electrons. The lowest BCUT2D eigenvalue weighted by Crippen LogP contribution is -2.42. The Hall–Kier alpha value is -1.12. The first-order valence-electron chi connectivity index (χ1n) is 7.76. The predicted octanol–water partition coefficient (Wildman–Crippen LogP) is 3.90. The van der Waals surface area contributed by atoms with Gasteiger partial charge in [0.15, 0.2) is 5.96 Å². The van der Waals surface area contributed by atoms with Crippen LogP contribution >= 0.6 is 24.0 Å². The topological polar surface area (TPSA) is 45.7 Å². The smallest absolute Gasteiger partial charge is 0.387 e. The Morgan fingerprint density at radius 2 is 2.00 bits per heavy atom. The van der Waals surface area contributed by atoms with Crippen LogP contribution in [0, 0.1) is 0 Å². The Morgan fingerprint density at radius 1 is 1.30 bits per heavy atom. The highest BCUT2D eigenvalue weighted by atomic mass is 127. The number of hydrogen-bond donors (Lipinski definition) is 2. The molecule has 0 amide bonds. The molecule has 0 aromatic heterocycles. The summed E-state index contributed by atoms with van der Waals surface area (Å²) in [6.07, 6.45) is 4.77. The summed E-state index contributed by atoms with van der Waals surface area (Å²) in [4.78, 5) is 4.48. The van der Waals surface area contributed by atoms with Crippen molar-refractivity contribution in [2.45, 2.75) is 51.8 Å². The molecule has 1 aliphatic rings. The van der Waals surface area contributed by atoms with Crippen LogP contribution in [0.1, 0.15) is 38.2 Å². The second kappa shape index (κ2) is 10.6. The third kappa shape index (κ3) is 6.88. The van der Waals surface area contributed by atoms with E-state index in [1.807, 2.05) is 6.92 Å². The van der Waals surface area contributed by atoms with Crippen molar-refractivity contribution >= 4 is 29.9 Å². The zero-order valence-electron chi connectivity index (χ0n) is 13.2. The molecule has 0 radical (unpaired) electrons. The van der Waals surface area contributed by atoms with Crippen LogP contribution in [0.4, 0.5) is 8.78 Å². The van der Waals surface area contributed by atoms with Crippen molar-refractivity contribution in [3.05, 3.63) is 29.8 Å². The van der Waals surface area contributed by atoms with E-state index in [1.165, 1.54) is 18.9 Å². The number of para-hydroxylation sites is 1. The van der Waals surface area contributed by atoms with Crippen molar-refractivity contribution in [2.24, 2.45) is 4.99 Å². The van der Waals surface area contributed by atoms with Crippen LogP contribution in [0.25, 0.3) is 0 Å². The molecule has 2 N–H and O–H groups in total. The van der Waals surface area contributed by atoms with Gasteiger partial charge in [-0.2, -0.15) is 8.78 Å². The molecule has 0 saturated heterocycles. The number of hydrogen-bond acceptors (Lipinski definition) is 2. The number of nitrogens with one attached hydrogen (secondary N) is 2. The largest absolute Gasteiger partial charge is 0.434 e. The van der Waals surface area contributed by atoms with Gasteiger partial charge in [0.1, 0.15) is 5.75 Å². The number of halogens is 3. The van der Waals surface area contributed by atoms with E-state index in [2.05, 4.69) is 20.4 Å². The average molecular weight is 439 g/mol. The molecule has 0 heterocycles. The minimum atomic E-state index is -2.82. The van der Waals surface area contributed by atoms with Crippen molar-refractivity contribution in [2.75, 3.05) is 6.54 Å². The molecule has 7 heteroatoms. The molecule has 0 atom stereocenters. The number of aliphatic imine (C=N–C) groups is 1. The highest BCUT2D eigenvalue weighted by molar-refractivity contribution is 14.0. The molecule has 1 fully saturated rings. The fraction of sp³-hybridized carbons (Fsp3) is 0.562. The van der Waals surface area contributed by atoms with Crippen molar-refractivity contribution in [3.63, 3.8) is 0 Å². The van der Waals surface area contributed by atoms with Gasteiger partial charge >= 0.3 is 6.61 Å². The van der Waals surface area contributed by atoms with Crippen molar-refractivity contribution < 1.29 is 13.5 Å². The summed E-state index contributed by atoms with van der Waals surface area (Å²) in [5, 5.41) is 6.59. The van der Waals surface area contributed by atoms with E-state index >= 15 is 0 Å². The van der Waals surface area contributed by atoms with Gasteiger partial charge in [0.2, 0.25) is 0 Å². The molecule has 1 aromatic carbocycles. The molecule has 0 aliphatic heterocycles. The fourth-order valence-electron chi connectivity index (χ4n) is 2.59. The second-order valence-corrected chi connectivity index (χ2v) is 5.31. The van der Waals surface area contributed by atoms with Gasteiger partial charge in [0.05, 0.1) is 6.54 Å². The molecule has 1 aliphatic carbocycles. The van der Waals surface area contributed by atoms with E-state index in [0.717, 1.165) is 25.3 Å². The van der Waals surface area contributed by atoms with Gasteiger partial charge in [-0.25, -0.2) is 4.99 Å². The Morgan fingerprint density at radius 3 is 2.65 bits per heavy atom. The van der Waals surface area contributed by atoms with E-state index in [1.54, 1.807) is 18.2 Å². The molecule has 2 rings (SSSR count). The first-order chi connectivity index (χ1) is 10.7. The van der Waals surface area contributed by atoms with Crippen LogP contribution in [-0.2, 0) is 6.54 Å². The zero-order valence-corrected chi connectivity index (χ0v) is 15.6. The van der Waals surface area contributed by atoms with Gasteiger partial charge in [0, 0.05) is 18.2 Å². The van der Waals surface area contributed by atoms with Crippen LogP contribution in [0.5, 0.6) is 5.75 Å². The summed E-state index contributed by atoms with van der Waals surface area (Å²) in [5.41, 5.74) is 0.645. The minimum Gasteiger partial charge on any atom is -0.434 e. The molecule has 4 nitrogen and oxygen atoms in total. The fourth-order valence-corrected chi connectivity index (χ4v) is 2.59. The Labute approximate surface area is 153 Å². The van der Waals surface area contributed by atoms with Crippen molar-refractivity contribution in [1.82, 2.24) is 10.6 Å². The van der Waals surface area contributed by atoms with E-state index in [0.29, 0.717) is 18.2 Å². The Balaban J connectivity index is 0.00000264. The molecule has 0 spiro atoms. The predicted molar refractivity (Wildman–Crippen MR) is 98.7 cm³/mol. The maximum atomic E-state index is 12.4. The number of guanidine groups is 1. The molecule has 1 saturated carbocycles. The molecular weight excluding hydrogens is 415 g/mol. The van der Waals surface area contributed by atoms with Gasteiger partial charge in [-0.3, -0.25) is 0 Å². The van der Waals surface area contributed by atoms with E-state index in [-0.39, 0.29) is 29.7 Å². The third-order valence-corrected chi connectivity index (χ3v) is 3.64. The quantitative estimate of drug-likeness (QED) is 0.402. The number of ether oxygens (including phenoxy) is 1. The Bertz CT molecular complexity index is 494. The van der Waals surface area contributed by atoms with Gasteiger partial charge < -0.3 is 15.4 Å². The maximum absolute atomic E-state index is 12.4. The molecular formula is C16H24F2IN3O. The third-order valence-electron chi connectivity index (χ3n) is 3.64. The molecule has 1 aromatic rings. The van der Waals surface area contributed by atoms with Gasteiger partial charge in [0.25, 0.3) is 0 Å². The van der Waals surface area contributed by atoms with Crippen molar-refractivity contribution in [1.29, 1.82) is 0 Å². The second-order valence-electron chi connectivity index (χ2n) is 5.31. The average Bonchev–Trinajstić information content (AvgIpc) is 2.99. The van der Waals surface area contributed by atoms with Gasteiger partial charge in [-0.1, -0.05) is 31.0 Å². The highest BCUT2D eigenvalue weighted by Gasteiger charge is 2.16. The normalized spacial score (nSPS) is 15.4. The number of alkyl halides is 2. The SMILES string of the molecule is CCNC(=NCc1ccccc1OC(F)F)NC1CCCC1.I. The minimum absolute atomic E-state index is 0. The first kappa shape index (κ1) is 19.9. The number of rotatable bonds is 6. The maximum Gasteiger partial charge on any atom is 0.387 e. The van der Waals surface area contributed by atoms with Crippen LogP contribution < -0.4 is 15.4 Å². The van der Waals surface area contributed by atoms with Crippen molar-refractivity contribution in [3.8, 4) is 5.75 Å². The summed E-state index contributed by atoms with van der Waals surface area (Å²) < 4.78 is 29.3. The zero-order chi connectivity index (χ0) is 15.8. The highest BCUT2D eigenvalue weighted by Crippen LogP contribution is 2.21. The van der Waals surface area contributed by atoms with E-state index in [9.17, 15) is 8.78 Å². The lowest BCUT2D eigenvalue weighted by molar-refractivity contribution is -0.0504. The van der Waals surface area contributed by atoms with Gasteiger partial charge in [-0.05, 0) is 25.8 Å². The van der Waals surface area contributed by atoms with E-state index in [4.69, 9.17) is 0 Å². The van der Waals surface area contributed by atoms with Crippen LogP contribution in [0.15, 0.2) is 29.3 Å². The summed E-state index contributed by atoms with van der Waals surface area (Å²) >= 11 is 0. The monoisotopic (exact) mass is 439 g/mol. The summed E-state index contributed by atoms with van der Waals surface area (Å²) in [6, 6.07) is 7.20.